The van der Waals surface area contributed by atoms with Crippen LogP contribution in [0.4, 0.5) is 0 Å². The van der Waals surface area contributed by atoms with E-state index in [1.165, 1.54) is 30.0 Å². The third-order valence-corrected chi connectivity index (χ3v) is 12.8. The summed E-state index contributed by atoms with van der Waals surface area (Å²) in [6, 6.07) is 41.0. The van der Waals surface area contributed by atoms with Gasteiger partial charge in [-0.2, -0.15) is 4.72 Å². The molecule has 4 atom stereocenters. The highest BCUT2D eigenvalue weighted by atomic mass is 32.2. The van der Waals surface area contributed by atoms with Crippen molar-refractivity contribution >= 4 is 33.7 Å². The number of aromatic nitrogens is 1. The molecule has 13 heteroatoms. The summed E-state index contributed by atoms with van der Waals surface area (Å²) in [4.78, 5) is 30.0. The Morgan fingerprint density at radius 1 is 0.800 bits per heavy atom. The number of nitrogens with zero attached hydrogens (tertiary/aromatic N) is 1. The molecule has 0 radical (unpaired) electrons. The van der Waals surface area contributed by atoms with Crippen LogP contribution in [-0.4, -0.2) is 53.4 Å². The highest BCUT2D eigenvalue weighted by Gasteiger charge is 2.33. The van der Waals surface area contributed by atoms with Gasteiger partial charge in [0.1, 0.15) is 11.1 Å². The SMILES string of the molecule is Cc1ccc(S(=O)(=O)NC(Cc2ccccc2)C(=O)NCc2cccc(-c3cccc(C4OC(CSc5ncccc5C(=O)O)CC(c5ccc(CO)cc5)O4)c3)c2)cc1. The Morgan fingerprint density at radius 3 is 2.25 bits per heavy atom. The van der Waals surface area contributed by atoms with E-state index in [2.05, 4.69) is 15.0 Å². The van der Waals surface area contributed by atoms with Crippen molar-refractivity contribution in [2.75, 3.05) is 5.75 Å². The molecule has 11 nitrogen and oxygen atoms in total. The van der Waals surface area contributed by atoms with Gasteiger partial charge in [0.2, 0.25) is 15.9 Å². The second-order valence-electron chi connectivity index (χ2n) is 14.5. The van der Waals surface area contributed by atoms with Gasteiger partial charge in [0.25, 0.3) is 0 Å². The minimum atomic E-state index is -3.99. The summed E-state index contributed by atoms with van der Waals surface area (Å²) in [6.45, 7) is 1.96. The lowest BCUT2D eigenvalue weighted by Gasteiger charge is -2.36. The van der Waals surface area contributed by atoms with Gasteiger partial charge in [-0.25, -0.2) is 18.2 Å². The van der Waals surface area contributed by atoms with Crippen molar-refractivity contribution in [2.45, 2.75) is 67.4 Å². The van der Waals surface area contributed by atoms with Gasteiger partial charge in [-0.3, -0.25) is 4.79 Å². The van der Waals surface area contributed by atoms with Crippen LogP contribution in [0.15, 0.2) is 156 Å². The molecule has 1 aliphatic heterocycles. The number of thioether (sulfide) groups is 1. The topological polar surface area (TPSA) is 164 Å². The maximum atomic E-state index is 13.7. The van der Waals surface area contributed by atoms with Crippen molar-refractivity contribution in [3.05, 3.63) is 185 Å². The number of ether oxygens (including phenoxy) is 2. The molecule has 6 aromatic rings. The number of carbonyl (C=O) groups is 2. The van der Waals surface area contributed by atoms with Gasteiger partial charge in [-0.05, 0) is 83.1 Å². The average Bonchev–Trinajstić information content (AvgIpc) is 3.28. The van der Waals surface area contributed by atoms with E-state index in [-0.39, 0.29) is 42.2 Å². The second-order valence-corrected chi connectivity index (χ2v) is 17.3. The van der Waals surface area contributed by atoms with Crippen LogP contribution in [0.3, 0.4) is 0 Å². The number of aliphatic hydroxyl groups is 1. The van der Waals surface area contributed by atoms with E-state index in [9.17, 15) is 28.2 Å². The normalized spacial score (nSPS) is 17.1. The van der Waals surface area contributed by atoms with Crippen molar-refractivity contribution in [2.24, 2.45) is 0 Å². The number of carboxylic acid groups (broad SMARTS) is 1. The maximum Gasteiger partial charge on any atom is 0.338 e. The van der Waals surface area contributed by atoms with Crippen LogP contribution in [0, 0.1) is 6.92 Å². The van der Waals surface area contributed by atoms with Crippen LogP contribution in [0.1, 0.15) is 62.6 Å². The molecule has 0 bridgehead atoms. The van der Waals surface area contributed by atoms with Gasteiger partial charge in [0.05, 0.1) is 29.3 Å². The molecule has 0 spiro atoms. The summed E-state index contributed by atoms with van der Waals surface area (Å²) >= 11 is 1.33. The molecule has 4 N–H and O–H groups in total. The molecule has 1 aromatic heterocycles. The van der Waals surface area contributed by atoms with Gasteiger partial charge >= 0.3 is 5.97 Å². The zero-order chi connectivity index (χ0) is 42.1. The third-order valence-electron chi connectivity index (χ3n) is 10.1. The van der Waals surface area contributed by atoms with Crippen molar-refractivity contribution in [1.82, 2.24) is 15.0 Å². The molecular weight excluding hydrogens is 799 g/mol. The molecular formula is C47H45N3O8S2. The van der Waals surface area contributed by atoms with Crippen LogP contribution >= 0.6 is 11.8 Å². The molecule has 1 aliphatic rings. The molecule has 1 amide bonds. The standard InChI is InChI=1S/C47H45N3O8S2/c1-31-15-21-40(22-16-31)60(55,56)50-42(25-32-8-3-2-4-9-32)44(52)49-28-34-10-5-11-36(24-34)37-12-6-13-38(26-37)47-57-39(30-59-45-41(46(53)54)14-7-23-48-45)27-43(58-47)35-19-17-33(29-51)18-20-35/h2-24,26,39,42-43,47,50-51H,25,27-30H2,1H3,(H,49,52)(H,53,54). The third kappa shape index (κ3) is 10.9. The van der Waals surface area contributed by atoms with Crippen molar-refractivity contribution in [1.29, 1.82) is 0 Å². The number of nitrogens with one attached hydrogen (secondary N) is 2. The predicted octanol–water partition coefficient (Wildman–Crippen LogP) is 7.79. The van der Waals surface area contributed by atoms with E-state index < -0.39 is 34.2 Å². The number of carboxylic acids is 1. The van der Waals surface area contributed by atoms with Gasteiger partial charge in [-0.1, -0.05) is 109 Å². The van der Waals surface area contributed by atoms with E-state index >= 15 is 0 Å². The summed E-state index contributed by atoms with van der Waals surface area (Å²) < 4.78 is 42.5. The van der Waals surface area contributed by atoms with E-state index in [1.807, 2.05) is 110 Å². The van der Waals surface area contributed by atoms with E-state index in [0.29, 0.717) is 17.2 Å². The molecule has 0 aliphatic carbocycles. The van der Waals surface area contributed by atoms with Crippen molar-refractivity contribution < 1.29 is 37.7 Å². The highest BCUT2D eigenvalue weighted by molar-refractivity contribution is 7.99. The average molecular weight is 844 g/mol. The molecule has 5 aromatic carbocycles. The van der Waals surface area contributed by atoms with Crippen molar-refractivity contribution in [3.63, 3.8) is 0 Å². The molecule has 60 heavy (non-hydrogen) atoms. The number of benzene rings is 5. The molecule has 2 heterocycles. The number of rotatable bonds is 16. The molecule has 308 valence electrons. The first-order chi connectivity index (χ1) is 29.0. The Kier molecular flexibility index (Phi) is 13.9. The number of aryl methyl sites for hydroxylation is 1. The van der Waals surface area contributed by atoms with E-state index in [0.717, 1.165) is 44.5 Å². The second kappa shape index (κ2) is 19.6. The largest absolute Gasteiger partial charge is 0.478 e. The Bertz CT molecular complexity index is 2520. The number of carbonyl (C=O) groups excluding carboxylic acids is 1. The monoisotopic (exact) mass is 843 g/mol. The summed E-state index contributed by atoms with van der Waals surface area (Å²) in [5.41, 5.74) is 6.96. The zero-order valence-electron chi connectivity index (χ0n) is 32.8. The minimum Gasteiger partial charge on any atom is -0.478 e. The fourth-order valence-corrected chi connectivity index (χ4v) is 9.11. The van der Waals surface area contributed by atoms with Crippen LogP contribution < -0.4 is 10.0 Å². The first-order valence-electron chi connectivity index (χ1n) is 19.5. The molecule has 1 saturated heterocycles. The number of amides is 1. The van der Waals surface area contributed by atoms with Crippen LogP contribution in [0.25, 0.3) is 11.1 Å². The van der Waals surface area contributed by atoms with Gasteiger partial charge in [-0.15, -0.1) is 11.8 Å². The minimum absolute atomic E-state index is 0.0714. The molecule has 7 rings (SSSR count). The van der Waals surface area contributed by atoms with Gasteiger partial charge in [0.15, 0.2) is 6.29 Å². The first kappa shape index (κ1) is 42.5. The predicted molar refractivity (Wildman–Crippen MR) is 230 cm³/mol. The summed E-state index contributed by atoms with van der Waals surface area (Å²) in [5, 5.41) is 22.7. The van der Waals surface area contributed by atoms with E-state index in [1.54, 1.807) is 24.4 Å². The number of hydrogen-bond donors (Lipinski definition) is 4. The molecule has 0 saturated carbocycles. The van der Waals surface area contributed by atoms with Crippen LogP contribution in [0.5, 0.6) is 0 Å². The Morgan fingerprint density at radius 2 is 1.52 bits per heavy atom. The summed E-state index contributed by atoms with van der Waals surface area (Å²) in [6.07, 6.45) is 0.848. The lowest BCUT2D eigenvalue weighted by molar-refractivity contribution is -0.245. The highest BCUT2D eigenvalue weighted by Crippen LogP contribution is 2.40. The molecule has 4 unspecified atom stereocenters. The fourth-order valence-electron chi connectivity index (χ4n) is 6.91. The fraction of sp³-hybridized carbons (Fsp3) is 0.213. The van der Waals surface area contributed by atoms with Crippen LogP contribution in [-0.2, 0) is 43.9 Å². The number of hydrogen-bond acceptors (Lipinski definition) is 9. The smallest absolute Gasteiger partial charge is 0.338 e. The van der Waals surface area contributed by atoms with Gasteiger partial charge in [0, 0.05) is 30.5 Å². The Labute approximate surface area is 353 Å². The first-order valence-corrected chi connectivity index (χ1v) is 21.9. The quantitative estimate of drug-likeness (QED) is 0.0708. The Hall–Kier alpha value is -5.67. The lowest BCUT2D eigenvalue weighted by atomic mass is 9.99. The Balaban J connectivity index is 1.07. The summed E-state index contributed by atoms with van der Waals surface area (Å²) in [5.74, 6) is -1.06. The number of pyridine rings is 1. The number of sulfonamides is 1. The van der Waals surface area contributed by atoms with Gasteiger partial charge < -0.3 is 25.0 Å². The summed E-state index contributed by atoms with van der Waals surface area (Å²) in [7, 11) is -3.99. The van der Waals surface area contributed by atoms with Crippen LogP contribution in [0.2, 0.25) is 0 Å². The number of aromatic carboxylic acids is 1. The van der Waals surface area contributed by atoms with E-state index in [4.69, 9.17) is 9.47 Å². The number of aliphatic hydroxyl groups excluding tert-OH is 1. The van der Waals surface area contributed by atoms with Crippen molar-refractivity contribution in [3.8, 4) is 11.1 Å². The molecule has 1 fully saturated rings. The zero-order valence-corrected chi connectivity index (χ0v) is 34.4. The lowest BCUT2D eigenvalue weighted by Crippen LogP contribution is -2.47. The maximum absolute atomic E-state index is 13.7.